The third-order valence-corrected chi connectivity index (χ3v) is 9.07. The van der Waals surface area contributed by atoms with Gasteiger partial charge in [-0.3, -0.25) is 10.0 Å². The van der Waals surface area contributed by atoms with Crippen molar-refractivity contribution >= 4 is 25.8 Å². The van der Waals surface area contributed by atoms with E-state index < -0.39 is 55.0 Å². The number of methoxy groups -OCH3 is 1. The van der Waals surface area contributed by atoms with Gasteiger partial charge in [-0.1, -0.05) is 0 Å². The van der Waals surface area contributed by atoms with Gasteiger partial charge in [0, 0.05) is 6.54 Å². The maximum Gasteiger partial charge on any atom is 0.263 e. The first-order chi connectivity index (χ1) is 12.4. The molecule has 152 valence electrons. The molecule has 1 aliphatic rings. The van der Waals surface area contributed by atoms with Gasteiger partial charge in [0.25, 0.3) is 5.91 Å². The summed E-state index contributed by atoms with van der Waals surface area (Å²) in [5.41, 5.74) is 1.33. The second-order valence-electron chi connectivity index (χ2n) is 6.67. The first kappa shape index (κ1) is 21.6. The molecule has 1 amide bonds. The summed E-state index contributed by atoms with van der Waals surface area (Å²) in [7, 11) is -7.07. The molecule has 3 N–H and O–H groups in total. The van der Waals surface area contributed by atoms with Crippen molar-refractivity contribution in [3.05, 3.63) is 24.3 Å². The third kappa shape index (κ3) is 3.80. The SMILES string of the molecule is COc1ccc(S(=O)(=O)N2C[C@@H](O)CS(=O)(=O)C(C)(C)[C@@H]2C(=O)NO)cc1. The van der Waals surface area contributed by atoms with Gasteiger partial charge in [0.05, 0.1) is 28.6 Å². The van der Waals surface area contributed by atoms with Gasteiger partial charge in [-0.2, -0.15) is 4.31 Å². The number of β-amino-alcohol motifs (C(OH)–C–C–N with tert-alkyl or cyclic N) is 1. The van der Waals surface area contributed by atoms with E-state index in [1.807, 2.05) is 0 Å². The van der Waals surface area contributed by atoms with Gasteiger partial charge in [-0.15, -0.1) is 0 Å². The van der Waals surface area contributed by atoms with E-state index in [-0.39, 0.29) is 4.90 Å². The average molecular weight is 422 g/mol. The molecule has 1 aromatic carbocycles. The number of amides is 1. The molecule has 1 saturated heterocycles. The van der Waals surface area contributed by atoms with Crippen LogP contribution in [0.5, 0.6) is 5.75 Å². The number of hydrogen-bond donors (Lipinski definition) is 3. The summed E-state index contributed by atoms with van der Waals surface area (Å²) in [6.45, 7) is 1.72. The van der Waals surface area contributed by atoms with Crippen LogP contribution in [0.4, 0.5) is 0 Å². The molecule has 0 saturated carbocycles. The Morgan fingerprint density at radius 3 is 2.33 bits per heavy atom. The number of benzene rings is 1. The first-order valence-electron chi connectivity index (χ1n) is 7.88. The monoisotopic (exact) mass is 422 g/mol. The summed E-state index contributed by atoms with van der Waals surface area (Å²) < 4.78 is 55.1. The predicted molar refractivity (Wildman–Crippen MR) is 94.5 cm³/mol. The number of aliphatic hydroxyl groups is 1. The molecule has 1 aromatic rings. The summed E-state index contributed by atoms with van der Waals surface area (Å²) >= 11 is 0. The summed E-state index contributed by atoms with van der Waals surface area (Å²) in [5.74, 6) is -1.53. The number of sulfonamides is 1. The van der Waals surface area contributed by atoms with Gasteiger partial charge in [0.1, 0.15) is 11.8 Å². The normalized spacial score (nSPS) is 25.4. The van der Waals surface area contributed by atoms with Crippen LogP contribution in [0, 0.1) is 0 Å². The highest BCUT2D eigenvalue weighted by atomic mass is 32.2. The highest BCUT2D eigenvalue weighted by Gasteiger charge is 2.55. The van der Waals surface area contributed by atoms with Gasteiger partial charge < -0.3 is 9.84 Å². The summed E-state index contributed by atoms with van der Waals surface area (Å²) in [5, 5.41) is 19.2. The Morgan fingerprint density at radius 2 is 1.85 bits per heavy atom. The standard InChI is InChI=1S/C15H22N2O8S2/c1-15(2)13(14(19)16-20)17(8-10(18)9-26(15,21)22)27(23,24)12-6-4-11(25-3)5-7-12/h4-7,10,13,18,20H,8-9H2,1-3H3,(H,16,19)/t10-,13+/m1/s1. The van der Waals surface area contributed by atoms with Crippen LogP contribution in [0.2, 0.25) is 0 Å². The minimum Gasteiger partial charge on any atom is -0.497 e. The number of hydroxylamine groups is 1. The van der Waals surface area contributed by atoms with E-state index in [9.17, 15) is 26.7 Å². The smallest absolute Gasteiger partial charge is 0.263 e. The van der Waals surface area contributed by atoms with Crippen LogP contribution in [0.3, 0.4) is 0 Å². The number of nitrogens with zero attached hydrogens (tertiary/aromatic N) is 1. The van der Waals surface area contributed by atoms with E-state index in [4.69, 9.17) is 9.94 Å². The van der Waals surface area contributed by atoms with Gasteiger partial charge in [-0.25, -0.2) is 22.3 Å². The first-order valence-corrected chi connectivity index (χ1v) is 11.0. The largest absolute Gasteiger partial charge is 0.497 e. The third-order valence-electron chi connectivity index (χ3n) is 4.58. The predicted octanol–water partition coefficient (Wildman–Crippen LogP) is -0.872. The van der Waals surface area contributed by atoms with Crippen molar-refractivity contribution in [2.75, 3.05) is 19.4 Å². The second-order valence-corrected chi connectivity index (χ2v) is 11.2. The molecule has 0 unspecified atom stereocenters. The Kier molecular flexibility index (Phi) is 5.88. The van der Waals surface area contributed by atoms with Crippen LogP contribution in [-0.2, 0) is 24.7 Å². The van der Waals surface area contributed by atoms with Gasteiger partial charge in [-0.05, 0) is 38.1 Å². The van der Waals surface area contributed by atoms with Crippen LogP contribution in [-0.4, -0.2) is 73.7 Å². The molecule has 27 heavy (non-hydrogen) atoms. The maximum absolute atomic E-state index is 13.1. The van der Waals surface area contributed by atoms with Gasteiger partial charge in [0.2, 0.25) is 10.0 Å². The van der Waals surface area contributed by atoms with Crippen LogP contribution in [0.1, 0.15) is 13.8 Å². The zero-order chi connectivity index (χ0) is 20.6. The lowest BCUT2D eigenvalue weighted by Crippen LogP contribution is -2.60. The molecular formula is C15H22N2O8S2. The van der Waals surface area contributed by atoms with E-state index >= 15 is 0 Å². The van der Waals surface area contributed by atoms with Crippen molar-refractivity contribution < 1.29 is 36.7 Å². The number of rotatable bonds is 4. The molecule has 10 nitrogen and oxygen atoms in total. The van der Waals surface area contributed by atoms with Crippen molar-refractivity contribution in [3.8, 4) is 5.75 Å². The van der Waals surface area contributed by atoms with E-state index in [2.05, 4.69) is 0 Å². The number of aliphatic hydroxyl groups excluding tert-OH is 1. The Hall–Kier alpha value is -1.73. The van der Waals surface area contributed by atoms with Crippen molar-refractivity contribution in [1.29, 1.82) is 0 Å². The molecule has 1 aliphatic heterocycles. The van der Waals surface area contributed by atoms with Crippen molar-refractivity contribution in [1.82, 2.24) is 9.79 Å². The number of hydrogen-bond acceptors (Lipinski definition) is 8. The number of nitrogens with one attached hydrogen (secondary N) is 1. The lowest BCUT2D eigenvalue weighted by Gasteiger charge is -2.36. The van der Waals surface area contributed by atoms with E-state index in [1.54, 1.807) is 0 Å². The molecule has 0 spiro atoms. The summed E-state index contributed by atoms with van der Waals surface area (Å²) in [6, 6.07) is 3.47. The van der Waals surface area contributed by atoms with Crippen LogP contribution in [0.25, 0.3) is 0 Å². The van der Waals surface area contributed by atoms with Crippen LogP contribution in [0.15, 0.2) is 29.2 Å². The molecule has 0 aromatic heterocycles. The lowest BCUT2D eigenvalue weighted by atomic mass is 10.0. The second kappa shape index (κ2) is 7.36. The quantitative estimate of drug-likeness (QED) is 0.418. The molecule has 1 fully saturated rings. The molecule has 2 rings (SSSR count). The Labute approximate surface area is 157 Å². The Bertz CT molecular complexity index is 910. The fourth-order valence-corrected chi connectivity index (χ4v) is 6.42. The molecule has 1 heterocycles. The molecule has 12 heteroatoms. The fourth-order valence-electron chi connectivity index (χ4n) is 2.98. The lowest BCUT2D eigenvalue weighted by molar-refractivity contribution is -0.134. The molecule has 0 radical (unpaired) electrons. The minimum atomic E-state index is -4.39. The summed E-state index contributed by atoms with van der Waals surface area (Å²) in [6.07, 6.45) is -1.54. The van der Waals surface area contributed by atoms with E-state index in [0.717, 1.165) is 0 Å². The Morgan fingerprint density at radius 1 is 1.30 bits per heavy atom. The highest BCUT2D eigenvalue weighted by Crippen LogP contribution is 2.34. The van der Waals surface area contributed by atoms with Crippen molar-refractivity contribution in [2.24, 2.45) is 0 Å². The minimum absolute atomic E-state index is 0.221. The number of sulfone groups is 1. The number of carbonyl (C=O) groups is 1. The molecule has 2 atom stereocenters. The zero-order valence-electron chi connectivity index (χ0n) is 15.0. The van der Waals surface area contributed by atoms with E-state index in [0.29, 0.717) is 10.1 Å². The number of ether oxygens (including phenoxy) is 1. The van der Waals surface area contributed by atoms with E-state index in [1.165, 1.54) is 50.7 Å². The fraction of sp³-hybridized carbons (Fsp3) is 0.533. The Balaban J connectivity index is 2.66. The van der Waals surface area contributed by atoms with Crippen molar-refractivity contribution in [3.63, 3.8) is 0 Å². The summed E-state index contributed by atoms with van der Waals surface area (Å²) in [4.78, 5) is 12.1. The molecular weight excluding hydrogens is 400 g/mol. The number of carbonyl (C=O) groups excluding carboxylic acids is 1. The highest BCUT2D eigenvalue weighted by molar-refractivity contribution is 7.93. The van der Waals surface area contributed by atoms with Crippen LogP contribution < -0.4 is 10.2 Å². The topological polar surface area (TPSA) is 150 Å². The average Bonchev–Trinajstić information content (AvgIpc) is 2.66. The van der Waals surface area contributed by atoms with Crippen molar-refractivity contribution in [2.45, 2.75) is 35.6 Å². The maximum atomic E-state index is 13.1. The zero-order valence-corrected chi connectivity index (χ0v) is 16.6. The van der Waals surface area contributed by atoms with Gasteiger partial charge in [0.15, 0.2) is 9.84 Å². The molecule has 0 aliphatic carbocycles. The van der Waals surface area contributed by atoms with Gasteiger partial charge >= 0.3 is 0 Å². The van der Waals surface area contributed by atoms with Crippen LogP contribution >= 0.6 is 0 Å². The molecule has 0 bridgehead atoms.